The molecular weight excluding hydrogens is 238 g/mol. The fraction of sp³-hybridized carbons (Fsp3) is 0.250. The maximum Gasteiger partial charge on any atom is 0.237 e. The molecule has 3 nitrogen and oxygen atoms in total. The number of aldehydes is 1. The van der Waals surface area contributed by atoms with Gasteiger partial charge in [0, 0.05) is 18.9 Å². The van der Waals surface area contributed by atoms with Gasteiger partial charge in [0.25, 0.3) is 0 Å². The lowest BCUT2D eigenvalue weighted by atomic mass is 9.80. The molecule has 2 aromatic rings. The first kappa shape index (κ1) is 11.9. The lowest BCUT2D eigenvalue weighted by molar-refractivity contribution is -0.124. The second kappa shape index (κ2) is 3.92. The Morgan fingerprint density at radius 1 is 1.21 bits per heavy atom. The van der Waals surface area contributed by atoms with Gasteiger partial charge in [-0.05, 0) is 17.9 Å². The van der Waals surface area contributed by atoms with E-state index < -0.39 is 5.41 Å². The first-order chi connectivity index (χ1) is 9.09. The molecule has 3 heteroatoms. The van der Waals surface area contributed by atoms with Gasteiger partial charge in [0.05, 0.1) is 11.1 Å². The highest BCUT2D eigenvalue weighted by Gasteiger charge is 2.46. The number of nitrogens with zero attached hydrogens (tertiary/aromatic N) is 1. The Morgan fingerprint density at radius 3 is 2.68 bits per heavy atom. The largest absolute Gasteiger partial charge is 0.314 e. The molecule has 0 radical (unpaired) electrons. The van der Waals surface area contributed by atoms with E-state index in [1.54, 1.807) is 11.9 Å². The fourth-order valence-corrected chi connectivity index (χ4v) is 3.01. The molecule has 1 heterocycles. The van der Waals surface area contributed by atoms with Crippen LogP contribution in [0.1, 0.15) is 18.9 Å². The number of benzene rings is 2. The first-order valence-corrected chi connectivity index (χ1v) is 6.33. The van der Waals surface area contributed by atoms with E-state index in [0.29, 0.717) is 0 Å². The van der Waals surface area contributed by atoms with Crippen molar-refractivity contribution in [1.29, 1.82) is 0 Å². The minimum Gasteiger partial charge on any atom is -0.314 e. The van der Waals surface area contributed by atoms with Crippen LogP contribution in [0.2, 0.25) is 0 Å². The zero-order valence-electron chi connectivity index (χ0n) is 11.0. The Labute approximate surface area is 111 Å². The van der Waals surface area contributed by atoms with E-state index in [0.717, 1.165) is 28.3 Å². The topological polar surface area (TPSA) is 37.4 Å². The van der Waals surface area contributed by atoms with Gasteiger partial charge in [-0.15, -0.1) is 0 Å². The van der Waals surface area contributed by atoms with Gasteiger partial charge in [0.15, 0.2) is 0 Å². The summed E-state index contributed by atoms with van der Waals surface area (Å²) >= 11 is 0. The highest BCUT2D eigenvalue weighted by Crippen LogP contribution is 2.46. The summed E-state index contributed by atoms with van der Waals surface area (Å²) in [6.07, 6.45) is 1.05. The molecule has 0 spiro atoms. The molecule has 2 aromatic carbocycles. The van der Waals surface area contributed by atoms with Crippen LogP contribution in [0.4, 0.5) is 5.69 Å². The molecule has 0 aliphatic carbocycles. The molecule has 1 atom stereocenters. The third kappa shape index (κ3) is 1.44. The van der Waals surface area contributed by atoms with Crippen LogP contribution in [-0.2, 0) is 15.0 Å². The van der Waals surface area contributed by atoms with E-state index >= 15 is 0 Å². The summed E-state index contributed by atoms with van der Waals surface area (Å²) in [5, 5.41) is 2.17. The van der Waals surface area contributed by atoms with Gasteiger partial charge >= 0.3 is 0 Å². The van der Waals surface area contributed by atoms with Crippen molar-refractivity contribution in [3.63, 3.8) is 0 Å². The summed E-state index contributed by atoms with van der Waals surface area (Å²) in [6.45, 7) is 1.85. The molecule has 1 aliphatic rings. The molecule has 0 N–H and O–H groups in total. The molecule has 3 rings (SSSR count). The summed E-state index contributed by atoms with van der Waals surface area (Å²) < 4.78 is 0. The minimum atomic E-state index is -0.726. The van der Waals surface area contributed by atoms with Gasteiger partial charge in [-0.2, -0.15) is 0 Å². The quantitative estimate of drug-likeness (QED) is 0.772. The Kier molecular flexibility index (Phi) is 2.45. The molecule has 96 valence electrons. The van der Waals surface area contributed by atoms with E-state index in [1.807, 2.05) is 43.3 Å². The number of anilines is 1. The van der Waals surface area contributed by atoms with E-state index in [-0.39, 0.29) is 12.3 Å². The molecule has 0 fully saturated rings. The van der Waals surface area contributed by atoms with Crippen LogP contribution in [0.5, 0.6) is 0 Å². The minimum absolute atomic E-state index is 0.00838. The molecule has 0 saturated heterocycles. The number of fused-ring (bicyclic) bond motifs is 3. The average molecular weight is 253 g/mol. The summed E-state index contributed by atoms with van der Waals surface area (Å²) in [5.74, 6) is -0.00838. The SMILES string of the molecule is CN1C(=O)C(C)(CC=O)c2ccc3ccccc3c21. The lowest BCUT2D eigenvalue weighted by Crippen LogP contribution is -2.36. The monoisotopic (exact) mass is 253 g/mol. The smallest absolute Gasteiger partial charge is 0.237 e. The molecule has 0 aromatic heterocycles. The van der Waals surface area contributed by atoms with Crippen LogP contribution in [-0.4, -0.2) is 19.2 Å². The van der Waals surface area contributed by atoms with Gasteiger partial charge in [0.2, 0.25) is 5.91 Å². The second-order valence-corrected chi connectivity index (χ2v) is 5.25. The summed E-state index contributed by atoms with van der Waals surface area (Å²) in [7, 11) is 1.78. The van der Waals surface area contributed by atoms with Crippen LogP contribution < -0.4 is 4.90 Å². The Hall–Kier alpha value is -2.16. The molecule has 0 bridgehead atoms. The summed E-state index contributed by atoms with van der Waals surface area (Å²) in [4.78, 5) is 25.1. The third-order valence-corrected chi connectivity index (χ3v) is 4.10. The molecular formula is C16H15NO2. The maximum absolute atomic E-state index is 12.5. The number of hydrogen-bond acceptors (Lipinski definition) is 2. The fourth-order valence-electron chi connectivity index (χ4n) is 3.01. The van der Waals surface area contributed by atoms with E-state index in [9.17, 15) is 9.59 Å². The van der Waals surface area contributed by atoms with Gasteiger partial charge in [-0.3, -0.25) is 4.79 Å². The normalized spacial score (nSPS) is 21.8. The lowest BCUT2D eigenvalue weighted by Gasteiger charge is -2.19. The highest BCUT2D eigenvalue weighted by molar-refractivity contribution is 6.15. The Morgan fingerprint density at radius 2 is 1.95 bits per heavy atom. The predicted molar refractivity (Wildman–Crippen MR) is 75.4 cm³/mol. The van der Waals surface area contributed by atoms with Gasteiger partial charge in [-0.25, -0.2) is 0 Å². The number of amides is 1. The zero-order valence-corrected chi connectivity index (χ0v) is 11.0. The van der Waals surface area contributed by atoms with Crippen LogP contribution in [0.25, 0.3) is 10.8 Å². The Bertz CT molecular complexity index is 692. The van der Waals surface area contributed by atoms with Crippen molar-refractivity contribution >= 4 is 28.7 Å². The third-order valence-electron chi connectivity index (χ3n) is 4.10. The number of carbonyl (C=O) groups excluding carboxylic acids is 2. The summed E-state index contributed by atoms with van der Waals surface area (Å²) in [5.41, 5.74) is 1.16. The average Bonchev–Trinajstić information content (AvgIpc) is 2.62. The van der Waals surface area contributed by atoms with Gasteiger partial charge in [0.1, 0.15) is 6.29 Å². The van der Waals surface area contributed by atoms with E-state index in [2.05, 4.69) is 0 Å². The van der Waals surface area contributed by atoms with Gasteiger partial charge in [-0.1, -0.05) is 36.4 Å². The van der Waals surface area contributed by atoms with Crippen molar-refractivity contribution in [2.45, 2.75) is 18.8 Å². The second-order valence-electron chi connectivity index (χ2n) is 5.25. The number of rotatable bonds is 2. The predicted octanol–water partition coefficient (Wildman–Crippen LogP) is 2.66. The van der Waals surface area contributed by atoms with Crippen molar-refractivity contribution in [3.8, 4) is 0 Å². The van der Waals surface area contributed by atoms with Gasteiger partial charge < -0.3 is 9.69 Å². The Balaban J connectivity index is 2.36. The summed E-state index contributed by atoms with van der Waals surface area (Å²) in [6, 6.07) is 12.0. The molecule has 1 aliphatic heterocycles. The van der Waals surface area contributed by atoms with E-state index in [1.165, 1.54) is 0 Å². The molecule has 19 heavy (non-hydrogen) atoms. The van der Waals surface area contributed by atoms with Crippen molar-refractivity contribution in [2.24, 2.45) is 0 Å². The highest BCUT2D eigenvalue weighted by atomic mass is 16.2. The molecule has 1 unspecified atom stereocenters. The number of carbonyl (C=O) groups is 2. The molecule has 1 amide bonds. The van der Waals surface area contributed by atoms with Crippen molar-refractivity contribution in [1.82, 2.24) is 0 Å². The van der Waals surface area contributed by atoms with Crippen LogP contribution >= 0.6 is 0 Å². The first-order valence-electron chi connectivity index (χ1n) is 6.33. The number of hydrogen-bond donors (Lipinski definition) is 0. The van der Waals surface area contributed by atoms with Crippen LogP contribution in [0.15, 0.2) is 36.4 Å². The van der Waals surface area contributed by atoms with Crippen LogP contribution in [0.3, 0.4) is 0 Å². The van der Waals surface area contributed by atoms with Crippen LogP contribution in [0, 0.1) is 0 Å². The van der Waals surface area contributed by atoms with Crippen molar-refractivity contribution in [3.05, 3.63) is 42.0 Å². The van der Waals surface area contributed by atoms with Crippen molar-refractivity contribution < 1.29 is 9.59 Å². The van der Waals surface area contributed by atoms with Crippen molar-refractivity contribution in [2.75, 3.05) is 11.9 Å². The zero-order chi connectivity index (χ0) is 13.6. The van der Waals surface area contributed by atoms with E-state index in [4.69, 9.17) is 0 Å². The number of likely N-dealkylation sites (N-methyl/N-ethyl adjacent to an activating group) is 1. The standard InChI is InChI=1S/C16H15NO2/c1-16(9-10-18)13-8-7-11-5-3-4-6-12(11)14(13)17(2)15(16)19/h3-8,10H,9H2,1-2H3. The molecule has 0 saturated carbocycles. The maximum atomic E-state index is 12.5.